The second kappa shape index (κ2) is 5.67. The summed E-state index contributed by atoms with van der Waals surface area (Å²) in [4.78, 5) is 14.9. The van der Waals surface area contributed by atoms with Crippen molar-refractivity contribution in [1.82, 2.24) is 10.2 Å². The normalized spacial score (nSPS) is 28.4. The third kappa shape index (κ3) is 3.36. The van der Waals surface area contributed by atoms with Crippen LogP contribution in [0, 0.1) is 16.7 Å². The summed E-state index contributed by atoms with van der Waals surface area (Å²) in [7, 11) is 0. The summed E-state index contributed by atoms with van der Waals surface area (Å²) in [6.07, 6.45) is 4.64. The van der Waals surface area contributed by atoms with Crippen molar-refractivity contribution in [2.45, 2.75) is 66.3 Å². The maximum absolute atomic E-state index is 12.8. The van der Waals surface area contributed by atoms with Crippen LogP contribution < -0.4 is 5.32 Å². The quantitative estimate of drug-likeness (QED) is 0.800. The summed E-state index contributed by atoms with van der Waals surface area (Å²) in [6, 6.07) is 0.0161. The molecule has 116 valence electrons. The van der Waals surface area contributed by atoms with Crippen LogP contribution in [0.1, 0.15) is 60.3 Å². The summed E-state index contributed by atoms with van der Waals surface area (Å²) >= 11 is 0. The number of rotatable bonds is 1. The summed E-state index contributed by atoms with van der Waals surface area (Å²) in [5.74, 6) is 1.08. The lowest BCUT2D eigenvalue weighted by Gasteiger charge is -2.44. The smallest absolute Gasteiger partial charge is 0.240 e. The molecule has 2 heterocycles. The minimum atomic E-state index is 0.0161. The van der Waals surface area contributed by atoms with E-state index in [0.29, 0.717) is 11.3 Å². The van der Waals surface area contributed by atoms with Gasteiger partial charge in [0.2, 0.25) is 5.91 Å². The lowest BCUT2D eigenvalue weighted by atomic mass is 9.74. The molecule has 0 aliphatic carbocycles. The van der Waals surface area contributed by atoms with Gasteiger partial charge in [-0.2, -0.15) is 0 Å². The van der Waals surface area contributed by atoms with E-state index in [1.54, 1.807) is 0 Å². The minimum absolute atomic E-state index is 0.0161. The standard InChI is InChI=1S/C17H32N2O/c1-16(2,3)13-7-11-19(12-8-13)15(20)14-17(4,5)9-6-10-18-14/h13-14,18H,6-12H2,1-5H3. The van der Waals surface area contributed by atoms with Gasteiger partial charge in [0.25, 0.3) is 0 Å². The van der Waals surface area contributed by atoms with Crippen molar-refractivity contribution < 1.29 is 4.79 Å². The molecule has 3 heteroatoms. The molecule has 1 N–H and O–H groups in total. The molecule has 2 rings (SSSR count). The van der Waals surface area contributed by atoms with Crippen molar-refractivity contribution in [3.05, 3.63) is 0 Å². The van der Waals surface area contributed by atoms with E-state index in [2.05, 4.69) is 44.8 Å². The van der Waals surface area contributed by atoms with E-state index < -0.39 is 0 Å². The topological polar surface area (TPSA) is 32.3 Å². The van der Waals surface area contributed by atoms with Crippen molar-refractivity contribution >= 4 is 5.91 Å². The number of carbonyl (C=O) groups excluding carboxylic acids is 1. The predicted molar refractivity (Wildman–Crippen MR) is 83.6 cm³/mol. The summed E-state index contributed by atoms with van der Waals surface area (Å²) in [6.45, 7) is 14.3. The molecule has 0 radical (unpaired) electrons. The molecule has 20 heavy (non-hydrogen) atoms. The van der Waals surface area contributed by atoms with E-state index in [-0.39, 0.29) is 11.5 Å². The number of hydrogen-bond acceptors (Lipinski definition) is 2. The third-order valence-electron chi connectivity index (χ3n) is 5.41. The molecule has 1 atom stereocenters. The molecule has 3 nitrogen and oxygen atoms in total. The van der Waals surface area contributed by atoms with E-state index in [1.165, 1.54) is 6.42 Å². The van der Waals surface area contributed by atoms with Crippen molar-refractivity contribution in [2.75, 3.05) is 19.6 Å². The van der Waals surface area contributed by atoms with Gasteiger partial charge < -0.3 is 10.2 Å². The van der Waals surface area contributed by atoms with Gasteiger partial charge in [0.05, 0.1) is 6.04 Å². The van der Waals surface area contributed by atoms with E-state index >= 15 is 0 Å². The van der Waals surface area contributed by atoms with E-state index in [1.807, 2.05) is 0 Å². The van der Waals surface area contributed by atoms with Crippen LogP contribution in [0.15, 0.2) is 0 Å². The molecule has 1 unspecified atom stereocenters. The number of hydrogen-bond donors (Lipinski definition) is 1. The summed E-state index contributed by atoms with van der Waals surface area (Å²) in [5.41, 5.74) is 0.466. The van der Waals surface area contributed by atoms with Crippen LogP contribution in [-0.4, -0.2) is 36.5 Å². The Morgan fingerprint density at radius 3 is 2.30 bits per heavy atom. The zero-order chi connectivity index (χ0) is 15.0. The van der Waals surface area contributed by atoms with Gasteiger partial charge in [-0.05, 0) is 49.0 Å². The van der Waals surface area contributed by atoms with Gasteiger partial charge in [0.1, 0.15) is 0 Å². The first-order valence-corrected chi connectivity index (χ1v) is 8.24. The Morgan fingerprint density at radius 1 is 1.20 bits per heavy atom. The molecular formula is C17H32N2O. The highest BCUT2D eigenvalue weighted by atomic mass is 16.2. The Hall–Kier alpha value is -0.570. The van der Waals surface area contributed by atoms with Gasteiger partial charge in [-0.25, -0.2) is 0 Å². The Morgan fingerprint density at radius 2 is 1.80 bits per heavy atom. The second-order valence-electron chi connectivity index (χ2n) is 8.44. The van der Waals surface area contributed by atoms with Gasteiger partial charge in [0.15, 0.2) is 0 Å². The fourth-order valence-corrected chi connectivity index (χ4v) is 3.78. The number of amides is 1. The van der Waals surface area contributed by atoms with Crippen molar-refractivity contribution in [3.8, 4) is 0 Å². The molecular weight excluding hydrogens is 248 g/mol. The molecule has 2 fully saturated rings. The first-order valence-electron chi connectivity index (χ1n) is 8.24. The van der Waals surface area contributed by atoms with Crippen molar-refractivity contribution in [1.29, 1.82) is 0 Å². The Kier molecular flexibility index (Phi) is 4.48. The molecule has 0 aromatic heterocycles. The zero-order valence-corrected chi connectivity index (χ0v) is 14.0. The highest BCUT2D eigenvalue weighted by Crippen LogP contribution is 2.36. The highest BCUT2D eigenvalue weighted by molar-refractivity contribution is 5.83. The Balaban J connectivity index is 1.95. The molecule has 2 saturated heterocycles. The van der Waals surface area contributed by atoms with Crippen LogP contribution >= 0.6 is 0 Å². The SMILES string of the molecule is CC(C)(C)C1CCN(C(=O)C2NCCCC2(C)C)CC1. The first kappa shape index (κ1) is 15.8. The van der Waals surface area contributed by atoms with Crippen LogP contribution in [0.4, 0.5) is 0 Å². The molecule has 0 spiro atoms. The van der Waals surface area contributed by atoms with E-state index in [0.717, 1.165) is 44.8 Å². The monoisotopic (exact) mass is 280 g/mol. The van der Waals surface area contributed by atoms with Gasteiger partial charge in [-0.3, -0.25) is 4.79 Å². The molecule has 0 aromatic rings. The maximum Gasteiger partial charge on any atom is 0.240 e. The minimum Gasteiger partial charge on any atom is -0.341 e. The molecule has 0 saturated carbocycles. The number of likely N-dealkylation sites (tertiary alicyclic amines) is 1. The fourth-order valence-electron chi connectivity index (χ4n) is 3.78. The lowest BCUT2D eigenvalue weighted by molar-refractivity contribution is -0.139. The second-order valence-corrected chi connectivity index (χ2v) is 8.44. The number of piperidine rings is 2. The predicted octanol–water partition coefficient (Wildman–Crippen LogP) is 3.05. The molecule has 1 amide bonds. The fraction of sp³-hybridized carbons (Fsp3) is 0.941. The zero-order valence-electron chi connectivity index (χ0n) is 14.0. The Labute approximate surface area is 124 Å². The average Bonchev–Trinajstić information content (AvgIpc) is 2.36. The number of carbonyl (C=O) groups is 1. The van der Waals surface area contributed by atoms with Gasteiger partial charge in [-0.15, -0.1) is 0 Å². The Bertz CT molecular complexity index is 348. The average molecular weight is 280 g/mol. The molecule has 0 bridgehead atoms. The molecule has 0 aromatic carbocycles. The van der Waals surface area contributed by atoms with Crippen LogP contribution in [0.3, 0.4) is 0 Å². The van der Waals surface area contributed by atoms with Crippen LogP contribution in [-0.2, 0) is 4.79 Å². The largest absolute Gasteiger partial charge is 0.341 e. The van der Waals surface area contributed by atoms with Gasteiger partial charge in [0, 0.05) is 13.1 Å². The molecule has 2 aliphatic heterocycles. The van der Waals surface area contributed by atoms with E-state index in [9.17, 15) is 4.79 Å². The summed E-state index contributed by atoms with van der Waals surface area (Å²) in [5, 5.41) is 3.46. The van der Waals surface area contributed by atoms with Crippen molar-refractivity contribution in [3.63, 3.8) is 0 Å². The maximum atomic E-state index is 12.8. The number of nitrogens with zero attached hydrogens (tertiary/aromatic N) is 1. The van der Waals surface area contributed by atoms with Crippen LogP contribution in [0.5, 0.6) is 0 Å². The lowest BCUT2D eigenvalue weighted by Crippen LogP contribution is -2.57. The van der Waals surface area contributed by atoms with Crippen LogP contribution in [0.25, 0.3) is 0 Å². The van der Waals surface area contributed by atoms with Gasteiger partial charge >= 0.3 is 0 Å². The number of nitrogens with one attached hydrogen (secondary N) is 1. The van der Waals surface area contributed by atoms with Crippen molar-refractivity contribution in [2.24, 2.45) is 16.7 Å². The highest BCUT2D eigenvalue weighted by Gasteiger charge is 2.40. The van der Waals surface area contributed by atoms with E-state index in [4.69, 9.17) is 0 Å². The van der Waals surface area contributed by atoms with Gasteiger partial charge in [-0.1, -0.05) is 34.6 Å². The first-order chi connectivity index (χ1) is 9.22. The molecule has 2 aliphatic rings. The third-order valence-corrected chi connectivity index (χ3v) is 5.41. The van der Waals surface area contributed by atoms with Crippen LogP contribution in [0.2, 0.25) is 0 Å². The summed E-state index contributed by atoms with van der Waals surface area (Å²) < 4.78 is 0.